The quantitative estimate of drug-likeness (QED) is 0.0103. The molecule has 1 rings (SSSR count). The van der Waals surface area contributed by atoms with Crippen LogP contribution in [0.25, 0.3) is 0 Å². The average molecular weight is 947 g/mol. The highest BCUT2D eigenvalue weighted by molar-refractivity contribution is 7.47. The number of carbonyl (C=O) groups is 2. The summed E-state index contributed by atoms with van der Waals surface area (Å²) >= 11 is 0. The number of esters is 2. The van der Waals surface area contributed by atoms with Gasteiger partial charge in [-0.2, -0.15) is 0 Å². The molecule has 7 N–H and O–H groups in total. The van der Waals surface area contributed by atoms with E-state index in [0.717, 1.165) is 38.5 Å². The molecule has 66 heavy (non-hydrogen) atoms. The monoisotopic (exact) mass is 947 g/mol. The summed E-state index contributed by atoms with van der Waals surface area (Å²) in [6.07, 6.45) is 38.9. The molecule has 0 aromatic heterocycles. The minimum Gasteiger partial charge on any atom is -0.462 e. The van der Waals surface area contributed by atoms with Gasteiger partial charge in [-0.05, 0) is 83.5 Å². The first-order valence-electron chi connectivity index (χ1n) is 23.4. The van der Waals surface area contributed by atoms with E-state index in [2.05, 4.69) is 49.5 Å². The van der Waals surface area contributed by atoms with E-state index in [4.69, 9.17) is 18.5 Å². The lowest BCUT2D eigenvalue weighted by molar-refractivity contribution is -0.220. The zero-order valence-corrected chi connectivity index (χ0v) is 39.9. The molecule has 15 heteroatoms. The molecule has 1 fully saturated rings. The maximum atomic E-state index is 12.8. The second-order valence-electron chi connectivity index (χ2n) is 15.7. The largest absolute Gasteiger partial charge is 0.472 e. The van der Waals surface area contributed by atoms with Gasteiger partial charge in [-0.25, -0.2) is 4.57 Å². The van der Waals surface area contributed by atoms with Gasteiger partial charge in [0.1, 0.15) is 43.2 Å². The van der Waals surface area contributed by atoms with Crippen molar-refractivity contribution in [2.45, 2.75) is 172 Å². The van der Waals surface area contributed by atoms with Crippen LogP contribution in [0.1, 0.15) is 123 Å². The first kappa shape index (κ1) is 60.2. The highest BCUT2D eigenvalue weighted by Gasteiger charge is 2.51. The van der Waals surface area contributed by atoms with Crippen LogP contribution in [0.5, 0.6) is 0 Å². The first-order valence-corrected chi connectivity index (χ1v) is 24.9. The van der Waals surface area contributed by atoms with Gasteiger partial charge < -0.3 is 45.0 Å². The van der Waals surface area contributed by atoms with Crippen LogP contribution in [-0.4, -0.2) is 110 Å². The van der Waals surface area contributed by atoms with E-state index in [1.54, 1.807) is 6.08 Å². The Morgan fingerprint density at radius 1 is 0.561 bits per heavy atom. The fraction of sp³-hybridized carbons (Fsp3) is 0.569. The van der Waals surface area contributed by atoms with Crippen LogP contribution in [0.4, 0.5) is 0 Å². The number of unbranched alkanes of at least 4 members (excludes halogenated alkanes) is 4. The molecule has 0 aromatic carbocycles. The van der Waals surface area contributed by atoms with Crippen molar-refractivity contribution in [1.29, 1.82) is 0 Å². The predicted molar refractivity (Wildman–Crippen MR) is 259 cm³/mol. The highest BCUT2D eigenvalue weighted by Crippen LogP contribution is 2.47. The molecule has 0 spiro atoms. The van der Waals surface area contributed by atoms with Crippen LogP contribution in [-0.2, 0) is 32.7 Å². The topological polar surface area (TPSA) is 230 Å². The normalized spacial score (nSPS) is 22.9. The summed E-state index contributed by atoms with van der Waals surface area (Å²) < 4.78 is 33.4. The van der Waals surface area contributed by atoms with Crippen molar-refractivity contribution >= 4 is 19.8 Å². The number of ether oxygens (including phenoxy) is 2. The van der Waals surface area contributed by atoms with Gasteiger partial charge in [0, 0.05) is 12.8 Å². The summed E-state index contributed by atoms with van der Waals surface area (Å²) in [4.78, 5) is 35.7. The molecule has 4 unspecified atom stereocenters. The zero-order valence-electron chi connectivity index (χ0n) is 39.0. The van der Waals surface area contributed by atoms with Gasteiger partial charge in [0.05, 0.1) is 12.7 Å². The molecular weight excluding hydrogens is 868 g/mol. The number of allylic oxidation sites excluding steroid dienone is 18. The van der Waals surface area contributed by atoms with Gasteiger partial charge >= 0.3 is 19.8 Å². The van der Waals surface area contributed by atoms with Gasteiger partial charge in [0.2, 0.25) is 0 Å². The van der Waals surface area contributed by atoms with E-state index in [0.29, 0.717) is 38.5 Å². The molecule has 0 saturated heterocycles. The number of aliphatic hydroxyl groups excluding tert-OH is 6. The maximum Gasteiger partial charge on any atom is 0.472 e. The Morgan fingerprint density at radius 2 is 1.05 bits per heavy atom. The molecule has 9 atom stereocenters. The van der Waals surface area contributed by atoms with Crippen LogP contribution in [0, 0.1) is 0 Å². The summed E-state index contributed by atoms with van der Waals surface area (Å²) in [7, 11) is -5.17. The fourth-order valence-electron chi connectivity index (χ4n) is 6.09. The molecule has 0 aliphatic heterocycles. The van der Waals surface area contributed by atoms with Gasteiger partial charge in [0.15, 0.2) is 6.10 Å². The van der Waals surface area contributed by atoms with Crippen molar-refractivity contribution in [3.05, 3.63) is 122 Å². The second kappa shape index (κ2) is 39.2. The summed E-state index contributed by atoms with van der Waals surface area (Å²) in [5.41, 5.74) is 0. The Hall–Kier alpha value is -3.79. The van der Waals surface area contributed by atoms with Crippen LogP contribution in [0.3, 0.4) is 0 Å². The second-order valence-corrected chi connectivity index (χ2v) is 17.1. The Balaban J connectivity index is 2.58. The molecule has 0 heterocycles. The molecule has 372 valence electrons. The van der Waals surface area contributed by atoms with E-state index in [9.17, 15) is 49.7 Å². The number of rotatable bonds is 36. The lowest BCUT2D eigenvalue weighted by Gasteiger charge is -2.41. The Morgan fingerprint density at radius 3 is 1.59 bits per heavy atom. The summed E-state index contributed by atoms with van der Waals surface area (Å²) in [6.45, 7) is 2.90. The highest BCUT2D eigenvalue weighted by atomic mass is 31.2. The van der Waals surface area contributed by atoms with Gasteiger partial charge in [-0.15, -0.1) is 0 Å². The van der Waals surface area contributed by atoms with E-state index < -0.39 is 81.8 Å². The smallest absolute Gasteiger partial charge is 0.462 e. The molecule has 0 amide bonds. The van der Waals surface area contributed by atoms with Crippen LogP contribution in [0.15, 0.2) is 122 Å². The van der Waals surface area contributed by atoms with Crippen molar-refractivity contribution in [3.8, 4) is 0 Å². The predicted octanol–water partition coefficient (Wildman–Crippen LogP) is 8.36. The van der Waals surface area contributed by atoms with E-state index in [-0.39, 0.29) is 12.8 Å². The Kier molecular flexibility index (Phi) is 35.8. The minimum absolute atomic E-state index is 0.0149. The lowest BCUT2D eigenvalue weighted by Crippen LogP contribution is -2.64. The Bertz CT molecular complexity index is 1630. The van der Waals surface area contributed by atoms with E-state index >= 15 is 0 Å². The van der Waals surface area contributed by atoms with Gasteiger partial charge in [0.25, 0.3) is 0 Å². The molecule has 1 aliphatic carbocycles. The number of phosphoric acid groups is 1. The number of carbonyl (C=O) groups excluding carboxylic acids is 2. The summed E-state index contributed by atoms with van der Waals surface area (Å²) in [5, 5.41) is 59.9. The van der Waals surface area contributed by atoms with E-state index in [1.165, 1.54) is 19.3 Å². The first-order chi connectivity index (χ1) is 31.8. The van der Waals surface area contributed by atoms with Crippen molar-refractivity contribution in [2.24, 2.45) is 0 Å². The number of phosphoric ester groups is 1. The average Bonchev–Trinajstić information content (AvgIpc) is 3.30. The molecule has 1 saturated carbocycles. The Labute approximate surface area is 393 Å². The molecule has 0 radical (unpaired) electrons. The molecule has 0 bridgehead atoms. The van der Waals surface area contributed by atoms with Crippen molar-refractivity contribution in [2.75, 3.05) is 13.2 Å². The lowest BCUT2D eigenvalue weighted by atomic mass is 9.85. The number of hydrogen-bond acceptors (Lipinski definition) is 13. The molecule has 0 aromatic rings. The van der Waals surface area contributed by atoms with E-state index in [1.807, 2.05) is 79.8 Å². The van der Waals surface area contributed by atoms with Crippen molar-refractivity contribution < 1.29 is 68.2 Å². The third-order valence-electron chi connectivity index (χ3n) is 9.88. The molecular formula is C51H79O14P. The van der Waals surface area contributed by atoms with Crippen LogP contribution >= 0.6 is 7.82 Å². The summed E-state index contributed by atoms with van der Waals surface area (Å²) in [5.74, 6) is -1.30. The van der Waals surface area contributed by atoms with Gasteiger partial charge in [-0.3, -0.25) is 18.6 Å². The standard InChI is InChI=1S/C51H79O14P/c1-3-5-7-8-9-10-11-12-13-14-15-16-17-18-22-25-28-31-34-38-44(53)62-40-43(41-63-66(60,61)65-51-49(58)47(56)46(55)48(57)50(51)59)64-45(54)39-35-32-29-26-23-20-19-21-24-27-30-33-37-42(52)36-6-4-2/h6,9-10,12-13,15-16,18-20,22,24,26-31,33,36,42-43,46-52,55-59H,3-5,7-8,11,14,17,21,23,25,32,34-35,37-41H2,1-2H3,(H,60,61)/b10-9-,13-12-,16-15-,20-19-,22-18-,27-24-,29-26-,31-28-,33-30+,36-6-/t42?,43-,46?,47-,48+,49-,50-,51?/m1/s1. The summed E-state index contributed by atoms with van der Waals surface area (Å²) in [6, 6.07) is 0. The van der Waals surface area contributed by atoms with Crippen LogP contribution in [0.2, 0.25) is 0 Å². The van der Waals surface area contributed by atoms with Crippen LogP contribution < -0.4 is 0 Å². The fourth-order valence-corrected chi connectivity index (χ4v) is 7.06. The SMILES string of the molecule is CC/C=C\C(O)C/C=C/C=C\C/C=C\C/C=C\CCCC(=O)O[C@H](COC(=O)CC/C=C\C/C=C\C/C=C\C/C=C\C/C=C\CCCCC)COP(=O)(O)OC1[C@H](O)[C@H](O)C(O)[C@H](O)[C@H]1O. The number of aliphatic hydroxyl groups is 6. The number of hydrogen-bond donors (Lipinski definition) is 7. The maximum absolute atomic E-state index is 12.8. The van der Waals surface area contributed by atoms with Crippen molar-refractivity contribution in [1.82, 2.24) is 0 Å². The minimum atomic E-state index is -5.17. The van der Waals surface area contributed by atoms with Gasteiger partial charge in [-0.1, -0.05) is 148 Å². The third-order valence-corrected chi connectivity index (χ3v) is 10.9. The molecule has 14 nitrogen and oxygen atoms in total. The third kappa shape index (κ3) is 31.2. The zero-order chi connectivity index (χ0) is 48.7. The molecule has 1 aliphatic rings. The van der Waals surface area contributed by atoms with Crippen molar-refractivity contribution in [3.63, 3.8) is 0 Å².